The first-order valence-electron chi connectivity index (χ1n) is 9.00. The van der Waals surface area contributed by atoms with Crippen molar-refractivity contribution in [2.45, 2.75) is 18.9 Å². The molecule has 4 rings (SSSR count). The molecule has 2 aliphatic heterocycles. The number of ether oxygens (including phenoxy) is 2. The highest BCUT2D eigenvalue weighted by molar-refractivity contribution is 6.11. The summed E-state index contributed by atoms with van der Waals surface area (Å²) in [4.78, 5) is 39.3. The number of methoxy groups -OCH3 is 1. The van der Waals surface area contributed by atoms with Gasteiger partial charge in [-0.3, -0.25) is 14.5 Å². The van der Waals surface area contributed by atoms with Crippen molar-refractivity contribution >= 4 is 17.7 Å². The van der Waals surface area contributed by atoms with E-state index in [2.05, 4.69) is 5.32 Å². The van der Waals surface area contributed by atoms with E-state index >= 15 is 0 Å². The van der Waals surface area contributed by atoms with Crippen LogP contribution in [0.3, 0.4) is 0 Å². The minimum Gasteiger partial charge on any atom is -0.496 e. The molecule has 2 aliphatic rings. The van der Waals surface area contributed by atoms with E-state index in [1.54, 1.807) is 49.4 Å². The van der Waals surface area contributed by atoms with Crippen LogP contribution in [0.25, 0.3) is 0 Å². The number of imide groups is 1. The first-order chi connectivity index (χ1) is 13.4. The fraction of sp³-hybridized carbons (Fsp3) is 0.286. The molecule has 2 heterocycles. The van der Waals surface area contributed by atoms with Gasteiger partial charge in [0.05, 0.1) is 20.3 Å². The van der Waals surface area contributed by atoms with E-state index in [1.807, 2.05) is 0 Å². The average molecular weight is 380 g/mol. The molecule has 144 valence electrons. The molecule has 0 bridgehead atoms. The van der Waals surface area contributed by atoms with Crippen LogP contribution in [0.15, 0.2) is 42.5 Å². The molecular formula is C21H20N2O5. The molecule has 0 aliphatic carbocycles. The molecule has 1 unspecified atom stereocenters. The number of hydrogen-bond acceptors (Lipinski definition) is 5. The van der Waals surface area contributed by atoms with Crippen LogP contribution in [0, 0.1) is 0 Å². The van der Waals surface area contributed by atoms with Gasteiger partial charge in [-0.1, -0.05) is 18.2 Å². The minimum atomic E-state index is -1.30. The number of ketones is 1. The SMILES string of the molecule is COc1ccccc1C1(C)NC(=O)N(CC(=O)c2ccc3c(c2)CCO3)C1=O. The van der Waals surface area contributed by atoms with E-state index in [-0.39, 0.29) is 12.3 Å². The number of Topliss-reactive ketones (excluding diaryl/α,β-unsaturated/α-hetero) is 1. The lowest BCUT2D eigenvalue weighted by Gasteiger charge is -2.24. The van der Waals surface area contributed by atoms with E-state index < -0.39 is 17.5 Å². The van der Waals surface area contributed by atoms with Crippen LogP contribution in [0.2, 0.25) is 0 Å². The topological polar surface area (TPSA) is 84.9 Å². The zero-order valence-corrected chi connectivity index (χ0v) is 15.7. The van der Waals surface area contributed by atoms with Crippen LogP contribution < -0.4 is 14.8 Å². The van der Waals surface area contributed by atoms with Crippen molar-refractivity contribution in [3.8, 4) is 11.5 Å². The summed E-state index contributed by atoms with van der Waals surface area (Å²) < 4.78 is 10.8. The summed E-state index contributed by atoms with van der Waals surface area (Å²) in [6, 6.07) is 11.6. The summed E-state index contributed by atoms with van der Waals surface area (Å²) in [6.07, 6.45) is 0.742. The number of para-hydroxylation sites is 1. The van der Waals surface area contributed by atoms with Crippen molar-refractivity contribution in [3.63, 3.8) is 0 Å². The van der Waals surface area contributed by atoms with Gasteiger partial charge < -0.3 is 14.8 Å². The van der Waals surface area contributed by atoms with Gasteiger partial charge >= 0.3 is 6.03 Å². The van der Waals surface area contributed by atoms with Crippen LogP contribution in [-0.4, -0.2) is 42.9 Å². The second-order valence-electron chi connectivity index (χ2n) is 6.99. The number of nitrogens with one attached hydrogen (secondary N) is 1. The van der Waals surface area contributed by atoms with Crippen molar-refractivity contribution < 1.29 is 23.9 Å². The molecule has 7 heteroatoms. The fourth-order valence-electron chi connectivity index (χ4n) is 3.68. The van der Waals surface area contributed by atoms with Gasteiger partial charge in [0.15, 0.2) is 5.78 Å². The lowest BCUT2D eigenvalue weighted by Crippen LogP contribution is -2.41. The predicted octanol–water partition coefficient (Wildman–Crippen LogP) is 2.28. The number of benzene rings is 2. The van der Waals surface area contributed by atoms with Gasteiger partial charge in [0, 0.05) is 17.5 Å². The van der Waals surface area contributed by atoms with Crippen molar-refractivity contribution in [2.75, 3.05) is 20.3 Å². The number of amides is 3. The molecule has 0 spiro atoms. The summed E-state index contributed by atoms with van der Waals surface area (Å²) >= 11 is 0. The Morgan fingerprint density at radius 3 is 2.82 bits per heavy atom. The maximum atomic E-state index is 13.1. The van der Waals surface area contributed by atoms with Crippen molar-refractivity contribution in [3.05, 3.63) is 59.2 Å². The second kappa shape index (κ2) is 6.67. The summed E-state index contributed by atoms with van der Waals surface area (Å²) in [5.74, 6) is 0.475. The number of rotatable bonds is 5. The Hall–Kier alpha value is -3.35. The Morgan fingerprint density at radius 1 is 1.25 bits per heavy atom. The normalized spacial score (nSPS) is 20.6. The van der Waals surface area contributed by atoms with E-state index in [1.165, 1.54) is 7.11 Å². The van der Waals surface area contributed by atoms with Gasteiger partial charge in [-0.25, -0.2) is 4.79 Å². The van der Waals surface area contributed by atoms with E-state index in [4.69, 9.17) is 9.47 Å². The summed E-state index contributed by atoms with van der Waals surface area (Å²) in [6.45, 7) is 1.88. The van der Waals surface area contributed by atoms with E-state index in [9.17, 15) is 14.4 Å². The number of fused-ring (bicyclic) bond motifs is 1. The maximum Gasteiger partial charge on any atom is 0.325 e. The average Bonchev–Trinajstić information content (AvgIpc) is 3.26. The van der Waals surface area contributed by atoms with Crippen molar-refractivity contribution in [1.29, 1.82) is 0 Å². The highest BCUT2D eigenvalue weighted by Gasteiger charge is 2.50. The van der Waals surface area contributed by atoms with E-state index in [0.717, 1.165) is 22.6 Å². The molecule has 0 saturated carbocycles. The maximum absolute atomic E-state index is 13.1. The zero-order chi connectivity index (χ0) is 19.9. The third-order valence-corrected chi connectivity index (χ3v) is 5.23. The number of carbonyl (C=O) groups excluding carboxylic acids is 3. The smallest absolute Gasteiger partial charge is 0.325 e. The van der Waals surface area contributed by atoms with Crippen molar-refractivity contribution in [2.24, 2.45) is 0 Å². The lowest BCUT2D eigenvalue weighted by atomic mass is 9.91. The second-order valence-corrected chi connectivity index (χ2v) is 6.99. The Bertz CT molecular complexity index is 987. The molecule has 1 N–H and O–H groups in total. The highest BCUT2D eigenvalue weighted by atomic mass is 16.5. The van der Waals surface area contributed by atoms with E-state index in [0.29, 0.717) is 23.5 Å². The fourth-order valence-corrected chi connectivity index (χ4v) is 3.68. The monoisotopic (exact) mass is 380 g/mol. The number of nitrogens with zero attached hydrogens (tertiary/aromatic N) is 1. The molecule has 28 heavy (non-hydrogen) atoms. The van der Waals surface area contributed by atoms with Crippen molar-refractivity contribution in [1.82, 2.24) is 10.2 Å². The van der Waals surface area contributed by atoms with Crippen LogP contribution in [0.1, 0.15) is 28.4 Å². The first-order valence-corrected chi connectivity index (χ1v) is 9.00. The van der Waals surface area contributed by atoms with Gasteiger partial charge in [0.1, 0.15) is 17.0 Å². The predicted molar refractivity (Wildman–Crippen MR) is 101 cm³/mol. The number of hydrogen-bond donors (Lipinski definition) is 1. The van der Waals surface area contributed by atoms with Gasteiger partial charge in [-0.2, -0.15) is 0 Å². The molecule has 0 radical (unpaired) electrons. The summed E-state index contributed by atoms with van der Waals surface area (Å²) in [5.41, 5.74) is 0.661. The first kappa shape index (κ1) is 18.0. The summed E-state index contributed by atoms with van der Waals surface area (Å²) in [7, 11) is 1.50. The van der Waals surface area contributed by atoms with Gasteiger partial charge in [0.25, 0.3) is 5.91 Å². The molecule has 1 fully saturated rings. The Labute approximate surface area is 162 Å². The lowest BCUT2D eigenvalue weighted by molar-refractivity contribution is -0.130. The Kier molecular flexibility index (Phi) is 4.30. The number of carbonyl (C=O) groups is 3. The minimum absolute atomic E-state index is 0.303. The van der Waals surface area contributed by atoms with Crippen LogP contribution in [0.4, 0.5) is 4.79 Å². The molecule has 2 aromatic rings. The largest absolute Gasteiger partial charge is 0.496 e. The van der Waals surface area contributed by atoms with Crippen LogP contribution in [0.5, 0.6) is 11.5 Å². The van der Waals surface area contributed by atoms with Gasteiger partial charge in [-0.05, 0) is 36.8 Å². The Balaban J connectivity index is 1.58. The number of urea groups is 1. The van der Waals surface area contributed by atoms with Crippen LogP contribution in [-0.2, 0) is 16.8 Å². The standard InChI is InChI=1S/C21H20N2O5/c1-21(15-5-3-4-6-18(15)27-2)19(25)23(20(26)22-21)12-16(24)13-7-8-17-14(11-13)9-10-28-17/h3-8,11H,9-10,12H2,1-2H3,(H,22,26). The molecule has 7 nitrogen and oxygen atoms in total. The molecule has 1 atom stereocenters. The molecular weight excluding hydrogens is 360 g/mol. The molecule has 3 amide bonds. The van der Waals surface area contributed by atoms with Gasteiger partial charge in [-0.15, -0.1) is 0 Å². The third-order valence-electron chi connectivity index (χ3n) is 5.23. The third kappa shape index (κ3) is 2.79. The van der Waals surface area contributed by atoms with Gasteiger partial charge in [0.2, 0.25) is 0 Å². The van der Waals surface area contributed by atoms with Crippen LogP contribution >= 0.6 is 0 Å². The Morgan fingerprint density at radius 2 is 2.04 bits per heavy atom. The molecule has 2 aromatic carbocycles. The zero-order valence-electron chi connectivity index (χ0n) is 15.7. The summed E-state index contributed by atoms with van der Waals surface area (Å²) in [5, 5.41) is 2.70. The highest BCUT2D eigenvalue weighted by Crippen LogP contribution is 2.35. The quantitative estimate of drug-likeness (QED) is 0.635. The molecule has 1 saturated heterocycles. The molecule has 0 aromatic heterocycles.